The van der Waals surface area contributed by atoms with E-state index in [0.717, 1.165) is 28.4 Å². The van der Waals surface area contributed by atoms with Crippen LogP contribution < -0.4 is 4.90 Å². The summed E-state index contributed by atoms with van der Waals surface area (Å²) in [5.41, 5.74) is 11.7. The van der Waals surface area contributed by atoms with Crippen molar-refractivity contribution < 1.29 is 0 Å². The first-order valence-electron chi connectivity index (χ1n) is 15.3. The molecule has 0 unspecified atom stereocenters. The standard InChI is InChI=1S/C43H33NS/c1-32-31-42(44(39-18-9-4-10-19-39)40-28-25-36(26-29-40)34-15-7-3-8-16-34)41(30-27-38-17-11-12-20-43(38)45-32)37-23-21-35(22-24-37)33-13-5-2-6-14-33/h2-26,28-31H,1,27H2/b41-30-,42-31+. The highest BCUT2D eigenvalue weighted by atomic mass is 32.2. The predicted octanol–water partition coefficient (Wildman–Crippen LogP) is 12.0. The SMILES string of the molecule is C=C1/C=C(N(c2ccccc2)c2ccc(-c3ccccc3)cc2)\C(c2ccc(-c3ccccc3)cc2)=C/Cc2ccccc2S1. The molecule has 1 aliphatic rings. The van der Waals surface area contributed by atoms with E-state index in [4.69, 9.17) is 0 Å². The Morgan fingerprint density at radius 3 is 1.56 bits per heavy atom. The molecule has 0 aromatic heterocycles. The number of fused-ring (bicyclic) bond motifs is 1. The number of para-hydroxylation sites is 1. The Hall–Kier alpha value is -5.31. The molecule has 7 rings (SSSR count). The normalized spacial score (nSPS) is 15.3. The van der Waals surface area contributed by atoms with Gasteiger partial charge in [0.05, 0.1) is 5.70 Å². The first kappa shape index (κ1) is 28.5. The molecule has 216 valence electrons. The van der Waals surface area contributed by atoms with E-state index in [1.165, 1.54) is 43.8 Å². The molecule has 0 fully saturated rings. The van der Waals surface area contributed by atoms with E-state index < -0.39 is 0 Å². The lowest BCUT2D eigenvalue weighted by Gasteiger charge is -2.30. The molecule has 0 N–H and O–H groups in total. The summed E-state index contributed by atoms with van der Waals surface area (Å²) in [5.74, 6) is 0. The van der Waals surface area contributed by atoms with Crippen LogP contribution in [-0.2, 0) is 6.42 Å². The summed E-state index contributed by atoms with van der Waals surface area (Å²) < 4.78 is 0. The van der Waals surface area contributed by atoms with Crippen LogP contribution in [0, 0.1) is 0 Å². The zero-order chi connectivity index (χ0) is 30.4. The minimum Gasteiger partial charge on any atom is -0.310 e. The van der Waals surface area contributed by atoms with E-state index in [-0.39, 0.29) is 0 Å². The van der Waals surface area contributed by atoms with Gasteiger partial charge in [0.1, 0.15) is 0 Å². The first-order valence-corrected chi connectivity index (χ1v) is 16.1. The Kier molecular flexibility index (Phi) is 8.31. The van der Waals surface area contributed by atoms with Gasteiger partial charge in [0.2, 0.25) is 0 Å². The summed E-state index contributed by atoms with van der Waals surface area (Å²) in [4.78, 5) is 4.61. The number of hydrogen-bond donors (Lipinski definition) is 0. The number of thioether (sulfide) groups is 1. The van der Waals surface area contributed by atoms with Crippen molar-refractivity contribution in [3.8, 4) is 22.3 Å². The molecule has 0 saturated heterocycles. The summed E-state index contributed by atoms with van der Waals surface area (Å²) >= 11 is 1.74. The molecule has 2 heteroatoms. The van der Waals surface area contributed by atoms with Crippen LogP contribution in [-0.4, -0.2) is 0 Å². The molecular formula is C43H33NS. The lowest BCUT2D eigenvalue weighted by molar-refractivity contribution is 1.17. The lowest BCUT2D eigenvalue weighted by atomic mass is 9.95. The molecule has 0 bridgehead atoms. The van der Waals surface area contributed by atoms with Crippen LogP contribution in [0.15, 0.2) is 198 Å². The summed E-state index contributed by atoms with van der Waals surface area (Å²) in [7, 11) is 0. The van der Waals surface area contributed by atoms with Gasteiger partial charge in [0, 0.05) is 26.7 Å². The van der Waals surface area contributed by atoms with Crippen molar-refractivity contribution >= 4 is 28.7 Å². The van der Waals surface area contributed by atoms with Gasteiger partial charge in [-0.15, -0.1) is 0 Å². The van der Waals surface area contributed by atoms with Gasteiger partial charge >= 0.3 is 0 Å². The van der Waals surface area contributed by atoms with E-state index in [1.54, 1.807) is 11.8 Å². The molecule has 6 aromatic carbocycles. The van der Waals surface area contributed by atoms with Gasteiger partial charge in [-0.1, -0.05) is 158 Å². The summed E-state index contributed by atoms with van der Waals surface area (Å²) in [6.45, 7) is 4.54. The van der Waals surface area contributed by atoms with Gasteiger partial charge in [-0.05, 0) is 76.2 Å². The number of benzene rings is 6. The second kappa shape index (κ2) is 13.1. The molecule has 0 aliphatic carbocycles. The van der Waals surface area contributed by atoms with Gasteiger partial charge in [-0.2, -0.15) is 0 Å². The highest BCUT2D eigenvalue weighted by Crippen LogP contribution is 2.42. The van der Waals surface area contributed by atoms with Crippen molar-refractivity contribution in [1.82, 2.24) is 0 Å². The highest BCUT2D eigenvalue weighted by molar-refractivity contribution is 8.03. The van der Waals surface area contributed by atoms with Crippen LogP contribution in [0.25, 0.3) is 27.8 Å². The fourth-order valence-corrected chi connectivity index (χ4v) is 6.73. The zero-order valence-corrected chi connectivity index (χ0v) is 25.8. The summed E-state index contributed by atoms with van der Waals surface area (Å²) in [6.07, 6.45) is 5.45. The Balaban J connectivity index is 1.38. The van der Waals surface area contributed by atoms with Crippen LogP contribution in [0.1, 0.15) is 11.1 Å². The maximum atomic E-state index is 4.54. The zero-order valence-electron chi connectivity index (χ0n) is 25.0. The number of allylic oxidation sites excluding steroid dienone is 3. The molecule has 0 saturated carbocycles. The highest BCUT2D eigenvalue weighted by Gasteiger charge is 2.22. The van der Waals surface area contributed by atoms with Crippen molar-refractivity contribution in [3.63, 3.8) is 0 Å². The fraction of sp³-hybridized carbons (Fsp3) is 0.0233. The third kappa shape index (κ3) is 6.33. The largest absolute Gasteiger partial charge is 0.310 e. The van der Waals surface area contributed by atoms with Crippen LogP contribution in [0.4, 0.5) is 11.4 Å². The van der Waals surface area contributed by atoms with Crippen molar-refractivity contribution in [2.45, 2.75) is 11.3 Å². The minimum absolute atomic E-state index is 0.819. The molecule has 6 aromatic rings. The molecular weight excluding hydrogens is 563 g/mol. The summed E-state index contributed by atoms with van der Waals surface area (Å²) in [5, 5.41) is 0. The van der Waals surface area contributed by atoms with E-state index in [9.17, 15) is 0 Å². The lowest BCUT2D eigenvalue weighted by Crippen LogP contribution is -2.18. The quantitative estimate of drug-likeness (QED) is 0.188. The monoisotopic (exact) mass is 595 g/mol. The van der Waals surface area contributed by atoms with Gasteiger partial charge in [-0.3, -0.25) is 0 Å². The average molecular weight is 596 g/mol. The fourth-order valence-electron chi connectivity index (χ4n) is 5.85. The van der Waals surface area contributed by atoms with E-state index in [1.807, 2.05) is 0 Å². The Morgan fingerprint density at radius 2 is 0.933 bits per heavy atom. The molecule has 1 heterocycles. The second-order valence-corrected chi connectivity index (χ2v) is 12.2. The van der Waals surface area contributed by atoms with Crippen LogP contribution in [0.3, 0.4) is 0 Å². The number of rotatable bonds is 6. The first-order chi connectivity index (χ1) is 22.2. The van der Waals surface area contributed by atoms with E-state index in [2.05, 4.69) is 187 Å². The minimum atomic E-state index is 0.819. The van der Waals surface area contributed by atoms with Crippen LogP contribution >= 0.6 is 11.8 Å². The molecule has 1 aliphatic heterocycles. The van der Waals surface area contributed by atoms with E-state index >= 15 is 0 Å². The Morgan fingerprint density at radius 1 is 0.467 bits per heavy atom. The van der Waals surface area contributed by atoms with Crippen LogP contribution in [0.5, 0.6) is 0 Å². The molecule has 0 radical (unpaired) electrons. The molecule has 0 spiro atoms. The van der Waals surface area contributed by atoms with Gasteiger partial charge in [-0.25, -0.2) is 0 Å². The Bertz CT molecular complexity index is 1970. The predicted molar refractivity (Wildman–Crippen MR) is 194 cm³/mol. The van der Waals surface area contributed by atoms with Crippen molar-refractivity contribution in [3.05, 3.63) is 204 Å². The maximum Gasteiger partial charge on any atom is 0.0547 e. The Labute approximate surface area is 270 Å². The van der Waals surface area contributed by atoms with Gasteiger partial charge in [0.25, 0.3) is 0 Å². The van der Waals surface area contributed by atoms with Gasteiger partial charge < -0.3 is 4.90 Å². The average Bonchev–Trinajstić information content (AvgIpc) is 3.17. The number of nitrogens with zero attached hydrogens (tertiary/aromatic N) is 1. The second-order valence-electron chi connectivity index (χ2n) is 11.1. The van der Waals surface area contributed by atoms with Crippen molar-refractivity contribution in [2.75, 3.05) is 4.90 Å². The molecule has 0 amide bonds. The third-order valence-corrected chi connectivity index (χ3v) is 9.10. The third-order valence-electron chi connectivity index (χ3n) is 8.10. The summed E-state index contributed by atoms with van der Waals surface area (Å²) in [6, 6.07) is 58.3. The topological polar surface area (TPSA) is 3.24 Å². The number of hydrogen-bond acceptors (Lipinski definition) is 2. The smallest absolute Gasteiger partial charge is 0.0547 e. The van der Waals surface area contributed by atoms with Crippen molar-refractivity contribution in [2.24, 2.45) is 0 Å². The molecule has 1 nitrogen and oxygen atoms in total. The molecule has 45 heavy (non-hydrogen) atoms. The number of anilines is 2. The van der Waals surface area contributed by atoms with Crippen LogP contribution in [0.2, 0.25) is 0 Å². The maximum absolute atomic E-state index is 4.54. The van der Waals surface area contributed by atoms with Gasteiger partial charge in [0.15, 0.2) is 0 Å². The van der Waals surface area contributed by atoms with Crippen molar-refractivity contribution in [1.29, 1.82) is 0 Å². The van der Waals surface area contributed by atoms with E-state index in [0.29, 0.717) is 0 Å². The molecule has 0 atom stereocenters.